The number of non-ortho nitro benzene ring substituents is 1. The van der Waals surface area contributed by atoms with E-state index < -0.39 is 34.9 Å². The molecular weight excluding hydrogens is 833 g/mol. The lowest BCUT2D eigenvalue weighted by atomic mass is 9.55. The molecule has 4 aromatic carbocycles. The Bertz CT molecular complexity index is 2380. The number of amides is 2. The van der Waals surface area contributed by atoms with E-state index in [2.05, 4.69) is 18.0 Å². The first kappa shape index (κ1) is 46.7. The number of carbonyl (C=O) groups excluding carboxylic acids is 2. The minimum absolute atomic E-state index is 0.00589. The molecule has 3 N–H and O–H groups in total. The van der Waals surface area contributed by atoms with Gasteiger partial charge in [-0.2, -0.15) is 0 Å². The Morgan fingerprint density at radius 3 is 2.49 bits per heavy atom. The summed E-state index contributed by atoms with van der Waals surface area (Å²) in [5.74, 6) is -1.89. The van der Waals surface area contributed by atoms with E-state index in [1.165, 1.54) is 19.2 Å². The van der Waals surface area contributed by atoms with Crippen LogP contribution >= 0.6 is 0 Å². The molecule has 344 valence electrons. The van der Waals surface area contributed by atoms with Crippen LogP contribution in [0.4, 0.5) is 15.3 Å². The molecule has 65 heavy (non-hydrogen) atoms. The summed E-state index contributed by atoms with van der Waals surface area (Å²) >= 11 is 0. The molecule has 7 rings (SSSR count). The maximum absolute atomic E-state index is 14.5. The standard InChI is InChI=1S/C50H58N4O11/c1-4-27-62-50-45(53(49(58)61-3)31-36-16-12-15-34-13-6-7-17-39(34)36)30-43(52-63-32-33-19-21-37(22-20-33)54(59)60)41-28-35(14-8-10-25-55)40(18-9-11-26-56)46(47(41)50)42-29-38(23-24-44(42)65-50)64-48(57)51-5-2/h4,6-7,12-13,15-17,19-24,28-29,35,40,45-47,55-56H,1,5,8-11,14,18,25-27,30-32H2,2-3H3,(H,51,57)/t35-,40+,45-,46+,47+,50+/m0/s1. The van der Waals surface area contributed by atoms with Crippen molar-refractivity contribution >= 4 is 34.4 Å². The van der Waals surface area contributed by atoms with E-state index in [0.717, 1.165) is 40.3 Å². The third kappa shape index (κ3) is 10.2. The van der Waals surface area contributed by atoms with Crippen molar-refractivity contribution in [2.24, 2.45) is 22.9 Å². The molecule has 1 saturated carbocycles. The summed E-state index contributed by atoms with van der Waals surface area (Å²) in [6.07, 6.45) is 6.87. The molecule has 15 nitrogen and oxygen atoms in total. The molecule has 0 radical (unpaired) electrons. The summed E-state index contributed by atoms with van der Waals surface area (Å²) in [6.45, 7) is 6.45. The first-order chi connectivity index (χ1) is 31.7. The van der Waals surface area contributed by atoms with Crippen LogP contribution in [0.1, 0.15) is 74.5 Å². The highest BCUT2D eigenvalue weighted by Crippen LogP contribution is 2.62. The van der Waals surface area contributed by atoms with Crippen LogP contribution in [0.2, 0.25) is 0 Å². The van der Waals surface area contributed by atoms with Gasteiger partial charge in [-0.1, -0.05) is 72.6 Å². The molecule has 1 fully saturated rings. The number of fused-ring (bicyclic) bond motifs is 3. The average molecular weight is 891 g/mol. The molecule has 1 heterocycles. The van der Waals surface area contributed by atoms with Gasteiger partial charge in [0, 0.05) is 49.8 Å². The number of unbranched alkanes of at least 4 members (excludes halogenated alkanes) is 2. The number of carbonyl (C=O) groups is 2. The van der Waals surface area contributed by atoms with Crippen LogP contribution < -0.4 is 14.8 Å². The van der Waals surface area contributed by atoms with Gasteiger partial charge in [0.1, 0.15) is 24.1 Å². The number of nitrogens with one attached hydrogen (secondary N) is 1. The van der Waals surface area contributed by atoms with Crippen LogP contribution in [0, 0.1) is 27.9 Å². The Labute approximate surface area is 378 Å². The number of hydrogen-bond acceptors (Lipinski definition) is 12. The highest BCUT2D eigenvalue weighted by molar-refractivity contribution is 6.03. The zero-order valence-corrected chi connectivity index (χ0v) is 36.9. The highest BCUT2D eigenvalue weighted by Gasteiger charge is 2.65. The zero-order chi connectivity index (χ0) is 45.9. The second-order valence-corrected chi connectivity index (χ2v) is 16.6. The second-order valence-electron chi connectivity index (χ2n) is 16.6. The number of allylic oxidation sites excluding steroid dienone is 1. The number of rotatable bonds is 20. The van der Waals surface area contributed by atoms with Gasteiger partial charge in [-0.3, -0.25) is 15.0 Å². The van der Waals surface area contributed by atoms with Gasteiger partial charge in [0.25, 0.3) is 5.69 Å². The van der Waals surface area contributed by atoms with Crippen LogP contribution in [0.25, 0.3) is 10.8 Å². The third-order valence-electron chi connectivity index (χ3n) is 12.7. The van der Waals surface area contributed by atoms with E-state index in [9.17, 15) is 29.9 Å². The van der Waals surface area contributed by atoms with Crippen molar-refractivity contribution < 1.29 is 48.5 Å². The van der Waals surface area contributed by atoms with E-state index in [1.807, 2.05) is 48.5 Å². The predicted octanol–water partition coefficient (Wildman–Crippen LogP) is 8.96. The molecule has 2 aliphatic carbocycles. The fourth-order valence-electron chi connectivity index (χ4n) is 9.93. The van der Waals surface area contributed by atoms with Crippen molar-refractivity contribution in [1.29, 1.82) is 0 Å². The number of aliphatic hydroxyl groups excluding tert-OH is 2. The summed E-state index contributed by atoms with van der Waals surface area (Å²) in [6, 6.07) is 24.4. The number of benzene rings is 4. The summed E-state index contributed by atoms with van der Waals surface area (Å²) in [7, 11) is 1.34. The smallest absolute Gasteiger partial charge is 0.412 e. The van der Waals surface area contributed by atoms with Crippen LogP contribution in [0.5, 0.6) is 11.5 Å². The molecule has 2 amide bonds. The number of nitrogens with zero attached hydrogens (tertiary/aromatic N) is 3. The Kier molecular flexibility index (Phi) is 15.5. The number of oxime groups is 1. The molecule has 0 bridgehead atoms. The topological polar surface area (TPSA) is 192 Å². The quantitative estimate of drug-likeness (QED) is 0.0332. The van der Waals surface area contributed by atoms with E-state index in [4.69, 9.17) is 28.9 Å². The van der Waals surface area contributed by atoms with Crippen molar-refractivity contribution in [2.75, 3.05) is 33.5 Å². The number of aliphatic hydroxyl groups is 2. The molecule has 0 saturated heterocycles. The molecule has 3 aliphatic rings. The van der Waals surface area contributed by atoms with Crippen LogP contribution in [0.15, 0.2) is 114 Å². The van der Waals surface area contributed by atoms with Gasteiger partial charge >= 0.3 is 12.2 Å². The monoisotopic (exact) mass is 890 g/mol. The number of methoxy groups -OCH3 is 1. The molecule has 15 heteroatoms. The molecule has 6 atom stereocenters. The minimum Gasteiger partial charge on any atom is -0.459 e. The van der Waals surface area contributed by atoms with Crippen molar-refractivity contribution in [3.05, 3.63) is 136 Å². The van der Waals surface area contributed by atoms with Crippen LogP contribution in [0.3, 0.4) is 0 Å². The minimum atomic E-state index is -1.57. The molecule has 0 spiro atoms. The molecule has 1 aliphatic heterocycles. The lowest BCUT2D eigenvalue weighted by Crippen LogP contribution is -2.70. The molecular formula is C50H58N4O11. The van der Waals surface area contributed by atoms with Crippen molar-refractivity contribution in [3.8, 4) is 11.5 Å². The Morgan fingerprint density at radius 1 is 1.02 bits per heavy atom. The van der Waals surface area contributed by atoms with E-state index >= 15 is 0 Å². The zero-order valence-electron chi connectivity index (χ0n) is 36.9. The normalized spacial score (nSPS) is 22.4. The lowest BCUT2D eigenvalue weighted by Gasteiger charge is -2.59. The van der Waals surface area contributed by atoms with Gasteiger partial charge in [-0.05, 0) is 102 Å². The summed E-state index contributed by atoms with van der Waals surface area (Å²) in [5.41, 5.74) is 3.64. The van der Waals surface area contributed by atoms with E-state index in [1.54, 1.807) is 42.2 Å². The molecule has 0 aromatic heterocycles. The van der Waals surface area contributed by atoms with Crippen molar-refractivity contribution in [3.63, 3.8) is 0 Å². The first-order valence-corrected chi connectivity index (χ1v) is 22.4. The van der Waals surface area contributed by atoms with Gasteiger partial charge in [0.15, 0.2) is 0 Å². The van der Waals surface area contributed by atoms with Gasteiger partial charge in [0.05, 0.1) is 36.8 Å². The summed E-state index contributed by atoms with van der Waals surface area (Å²) < 4.78 is 25.8. The van der Waals surface area contributed by atoms with Gasteiger partial charge in [0.2, 0.25) is 5.79 Å². The number of nitro groups is 1. The summed E-state index contributed by atoms with van der Waals surface area (Å²) in [5, 5.41) is 40.8. The molecule has 4 aromatic rings. The van der Waals surface area contributed by atoms with Gasteiger partial charge in [-0.25, -0.2) is 9.59 Å². The predicted molar refractivity (Wildman–Crippen MR) is 244 cm³/mol. The average Bonchev–Trinajstić information content (AvgIpc) is 3.31. The van der Waals surface area contributed by atoms with Crippen LogP contribution in [-0.4, -0.2) is 83.2 Å². The Morgan fingerprint density at radius 2 is 1.77 bits per heavy atom. The lowest BCUT2D eigenvalue weighted by molar-refractivity contribution is -0.384. The maximum atomic E-state index is 14.5. The number of ether oxygens (including phenoxy) is 4. The van der Waals surface area contributed by atoms with E-state index in [0.29, 0.717) is 55.0 Å². The third-order valence-corrected chi connectivity index (χ3v) is 12.7. The van der Waals surface area contributed by atoms with Gasteiger partial charge < -0.3 is 39.3 Å². The Hall–Kier alpha value is -6.29. The number of nitro benzene ring substituents is 1. The number of hydrogen-bond donors (Lipinski definition) is 3. The maximum Gasteiger partial charge on any atom is 0.412 e. The van der Waals surface area contributed by atoms with Crippen molar-refractivity contribution in [2.45, 2.75) is 82.8 Å². The molecule has 0 unspecified atom stereocenters. The van der Waals surface area contributed by atoms with Crippen LogP contribution in [-0.2, 0) is 27.5 Å². The second kappa shape index (κ2) is 21.6. The fraction of sp³-hybridized carbons (Fsp3) is 0.420. The largest absolute Gasteiger partial charge is 0.459 e. The highest BCUT2D eigenvalue weighted by atomic mass is 16.7. The van der Waals surface area contributed by atoms with Crippen molar-refractivity contribution in [1.82, 2.24) is 10.2 Å². The Balaban J connectivity index is 1.45. The first-order valence-electron chi connectivity index (χ1n) is 22.4. The SMILES string of the molecule is C=CCO[C@@]12Oc3ccc(OC(=O)NCC)cc3[C@H]3[C@H](CCCCO)[C@@H](CCCCO)C=C(C(=NOCc4ccc([N+](=O)[O-])cc4)C[C@@H]1N(Cc1cccc4ccccc14)C(=O)OC)[C@H]32. The van der Waals surface area contributed by atoms with Gasteiger partial charge in [-0.15, -0.1) is 6.58 Å². The summed E-state index contributed by atoms with van der Waals surface area (Å²) in [4.78, 5) is 46.0. The fourth-order valence-corrected chi connectivity index (χ4v) is 9.93. The van der Waals surface area contributed by atoms with E-state index in [-0.39, 0.29) is 62.8 Å².